The Morgan fingerprint density at radius 2 is 2.28 bits per heavy atom. The molecule has 0 bridgehead atoms. The molecule has 2 aliphatic rings. The molecule has 0 spiro atoms. The molecule has 98 valence electrons. The van der Waals surface area contributed by atoms with Crippen molar-refractivity contribution in [1.82, 2.24) is 5.32 Å². The molecule has 1 aromatic rings. The molecule has 18 heavy (non-hydrogen) atoms. The molecule has 1 aliphatic carbocycles. The fraction of sp³-hybridized carbons (Fsp3) is 0.600. The molecule has 0 aromatic heterocycles. The first-order valence-electron chi connectivity index (χ1n) is 6.70. The summed E-state index contributed by atoms with van der Waals surface area (Å²) >= 11 is 0. The molecule has 3 atom stereocenters. The van der Waals surface area contributed by atoms with E-state index in [0.717, 1.165) is 18.9 Å². The van der Waals surface area contributed by atoms with Gasteiger partial charge in [-0.15, -0.1) is 0 Å². The van der Waals surface area contributed by atoms with E-state index in [-0.39, 0.29) is 0 Å². The molecular formula is C15H21NO2. The second-order valence-electron chi connectivity index (χ2n) is 5.70. The number of nitrogens with one attached hydrogen (secondary N) is 1. The minimum absolute atomic E-state index is 0.409. The summed E-state index contributed by atoms with van der Waals surface area (Å²) in [5, 5.41) is 3.60. The molecule has 3 heteroatoms. The molecule has 1 saturated heterocycles. The van der Waals surface area contributed by atoms with E-state index in [1.54, 1.807) is 7.11 Å². The molecule has 1 aromatic carbocycles. The van der Waals surface area contributed by atoms with Gasteiger partial charge in [-0.3, -0.25) is 0 Å². The maximum Gasteiger partial charge on any atom is 0.123 e. The van der Waals surface area contributed by atoms with E-state index in [4.69, 9.17) is 9.47 Å². The monoisotopic (exact) mass is 247 g/mol. The predicted octanol–water partition coefficient (Wildman–Crippen LogP) is 2.35. The van der Waals surface area contributed by atoms with E-state index in [1.165, 1.54) is 18.4 Å². The van der Waals surface area contributed by atoms with Gasteiger partial charge in [0.25, 0.3) is 0 Å². The van der Waals surface area contributed by atoms with Crippen LogP contribution in [0.3, 0.4) is 0 Å². The molecule has 1 N–H and O–H groups in total. The first-order valence-corrected chi connectivity index (χ1v) is 6.70. The van der Waals surface area contributed by atoms with Gasteiger partial charge in [0.05, 0.1) is 13.2 Å². The Kier molecular flexibility index (Phi) is 3.04. The van der Waals surface area contributed by atoms with Crippen molar-refractivity contribution in [2.45, 2.75) is 38.5 Å². The van der Waals surface area contributed by atoms with Crippen LogP contribution in [-0.4, -0.2) is 25.9 Å². The topological polar surface area (TPSA) is 30.5 Å². The normalized spacial score (nSPS) is 33.9. The van der Waals surface area contributed by atoms with Gasteiger partial charge in [-0.25, -0.2) is 0 Å². The molecule has 1 saturated carbocycles. The van der Waals surface area contributed by atoms with Gasteiger partial charge < -0.3 is 14.8 Å². The van der Waals surface area contributed by atoms with Crippen molar-refractivity contribution in [3.8, 4) is 5.75 Å². The van der Waals surface area contributed by atoms with Crippen molar-refractivity contribution in [3.63, 3.8) is 0 Å². The number of benzene rings is 1. The number of hydrogen-bond donors (Lipinski definition) is 1. The minimum Gasteiger partial charge on any atom is -0.496 e. The Morgan fingerprint density at radius 3 is 3.06 bits per heavy atom. The Bertz CT molecular complexity index is 434. The SMILES string of the molecule is COc1ccccc1CNC1C[C@@]2(C)CCO[C@@H]12. The summed E-state index contributed by atoms with van der Waals surface area (Å²) in [5.41, 5.74) is 1.64. The summed E-state index contributed by atoms with van der Waals surface area (Å²) in [5.74, 6) is 0.958. The van der Waals surface area contributed by atoms with Gasteiger partial charge in [0, 0.05) is 24.8 Å². The molecule has 1 unspecified atom stereocenters. The maximum atomic E-state index is 5.82. The van der Waals surface area contributed by atoms with E-state index >= 15 is 0 Å². The Hall–Kier alpha value is -1.06. The van der Waals surface area contributed by atoms with Crippen molar-refractivity contribution in [3.05, 3.63) is 29.8 Å². The van der Waals surface area contributed by atoms with Crippen molar-refractivity contribution >= 4 is 0 Å². The fourth-order valence-electron chi connectivity index (χ4n) is 3.30. The van der Waals surface area contributed by atoms with Crippen LogP contribution in [0.15, 0.2) is 24.3 Å². The summed E-state index contributed by atoms with van der Waals surface area (Å²) in [6.45, 7) is 4.12. The van der Waals surface area contributed by atoms with E-state index in [1.807, 2.05) is 12.1 Å². The number of ether oxygens (including phenoxy) is 2. The van der Waals surface area contributed by atoms with E-state index in [0.29, 0.717) is 17.6 Å². The van der Waals surface area contributed by atoms with Gasteiger partial charge in [-0.05, 0) is 24.3 Å². The molecule has 3 rings (SSSR count). The van der Waals surface area contributed by atoms with Crippen LogP contribution in [-0.2, 0) is 11.3 Å². The molecule has 1 aliphatic heterocycles. The summed E-state index contributed by atoms with van der Waals surface area (Å²) in [6, 6.07) is 8.68. The van der Waals surface area contributed by atoms with Gasteiger partial charge in [0.15, 0.2) is 0 Å². The third-order valence-electron chi connectivity index (χ3n) is 4.46. The highest BCUT2D eigenvalue weighted by Crippen LogP contribution is 2.50. The minimum atomic E-state index is 0.409. The molecule has 2 fully saturated rings. The van der Waals surface area contributed by atoms with Crippen LogP contribution < -0.4 is 10.1 Å². The molecular weight excluding hydrogens is 226 g/mol. The summed E-state index contributed by atoms with van der Waals surface area (Å²) in [6.07, 6.45) is 2.85. The second kappa shape index (κ2) is 4.56. The van der Waals surface area contributed by atoms with Crippen LogP contribution in [0, 0.1) is 5.41 Å². The van der Waals surface area contributed by atoms with Crippen LogP contribution in [0.4, 0.5) is 0 Å². The van der Waals surface area contributed by atoms with Crippen LogP contribution in [0.1, 0.15) is 25.3 Å². The standard InChI is InChI=1S/C15H21NO2/c1-15-7-8-18-14(15)12(9-15)16-10-11-5-3-4-6-13(11)17-2/h3-6,12,14,16H,7-10H2,1-2H3/t12?,14-,15+/m0/s1. The Morgan fingerprint density at radius 1 is 1.44 bits per heavy atom. The van der Waals surface area contributed by atoms with Crippen LogP contribution >= 0.6 is 0 Å². The Labute approximate surface area is 108 Å². The zero-order chi connectivity index (χ0) is 12.6. The fourth-order valence-corrected chi connectivity index (χ4v) is 3.30. The van der Waals surface area contributed by atoms with E-state index in [9.17, 15) is 0 Å². The zero-order valence-electron chi connectivity index (χ0n) is 11.1. The van der Waals surface area contributed by atoms with Crippen molar-refractivity contribution in [2.24, 2.45) is 5.41 Å². The van der Waals surface area contributed by atoms with Crippen LogP contribution in [0.25, 0.3) is 0 Å². The van der Waals surface area contributed by atoms with Crippen molar-refractivity contribution in [2.75, 3.05) is 13.7 Å². The van der Waals surface area contributed by atoms with E-state index in [2.05, 4.69) is 24.4 Å². The lowest BCUT2D eigenvalue weighted by Gasteiger charge is -2.48. The summed E-state index contributed by atoms with van der Waals surface area (Å²) < 4.78 is 11.2. The van der Waals surface area contributed by atoms with Gasteiger partial charge in [0.2, 0.25) is 0 Å². The number of para-hydroxylation sites is 1. The first-order chi connectivity index (χ1) is 8.73. The summed E-state index contributed by atoms with van der Waals surface area (Å²) in [7, 11) is 1.72. The highest BCUT2D eigenvalue weighted by molar-refractivity contribution is 5.33. The molecule has 1 heterocycles. The number of fused-ring (bicyclic) bond motifs is 1. The number of methoxy groups -OCH3 is 1. The second-order valence-corrected chi connectivity index (χ2v) is 5.70. The molecule has 0 amide bonds. The van der Waals surface area contributed by atoms with Gasteiger partial charge in [0.1, 0.15) is 5.75 Å². The smallest absolute Gasteiger partial charge is 0.123 e. The molecule has 3 nitrogen and oxygen atoms in total. The van der Waals surface area contributed by atoms with Gasteiger partial charge in [-0.2, -0.15) is 0 Å². The third-order valence-corrected chi connectivity index (χ3v) is 4.46. The average molecular weight is 247 g/mol. The summed E-state index contributed by atoms with van der Waals surface area (Å²) in [4.78, 5) is 0. The lowest BCUT2D eigenvalue weighted by molar-refractivity contribution is -0.0545. The average Bonchev–Trinajstić information content (AvgIpc) is 2.68. The largest absolute Gasteiger partial charge is 0.496 e. The maximum absolute atomic E-state index is 5.82. The van der Waals surface area contributed by atoms with Crippen molar-refractivity contribution < 1.29 is 9.47 Å². The lowest BCUT2D eigenvalue weighted by atomic mass is 9.64. The molecule has 0 radical (unpaired) electrons. The van der Waals surface area contributed by atoms with Gasteiger partial charge >= 0.3 is 0 Å². The van der Waals surface area contributed by atoms with Crippen LogP contribution in [0.5, 0.6) is 5.75 Å². The van der Waals surface area contributed by atoms with Gasteiger partial charge in [-0.1, -0.05) is 25.1 Å². The third kappa shape index (κ3) is 1.91. The quantitative estimate of drug-likeness (QED) is 0.886. The Balaban J connectivity index is 1.59. The first kappa shape index (κ1) is 12.0. The predicted molar refractivity (Wildman–Crippen MR) is 70.7 cm³/mol. The number of rotatable bonds is 4. The zero-order valence-corrected chi connectivity index (χ0v) is 11.1. The lowest BCUT2D eigenvalue weighted by Crippen LogP contribution is -2.58. The number of hydrogen-bond acceptors (Lipinski definition) is 3. The highest BCUT2D eigenvalue weighted by atomic mass is 16.5. The van der Waals surface area contributed by atoms with Crippen molar-refractivity contribution in [1.29, 1.82) is 0 Å². The van der Waals surface area contributed by atoms with Crippen LogP contribution in [0.2, 0.25) is 0 Å². The highest BCUT2D eigenvalue weighted by Gasteiger charge is 2.54. The van der Waals surface area contributed by atoms with E-state index < -0.39 is 0 Å².